The van der Waals surface area contributed by atoms with Gasteiger partial charge in [0.25, 0.3) is 0 Å². The Morgan fingerprint density at radius 3 is 2.60 bits per heavy atom. The van der Waals surface area contributed by atoms with Crippen LogP contribution in [0.2, 0.25) is 0 Å². The number of nitrogens with zero attached hydrogens (tertiary/aromatic N) is 3. The number of rotatable bonds is 8. The maximum absolute atomic E-state index is 12.4. The molecule has 0 bridgehead atoms. The summed E-state index contributed by atoms with van der Waals surface area (Å²) in [4.78, 5) is 7.47. The van der Waals surface area contributed by atoms with Gasteiger partial charge in [-0.05, 0) is 44.2 Å². The zero-order valence-corrected chi connectivity index (χ0v) is 17.1. The van der Waals surface area contributed by atoms with Gasteiger partial charge in [-0.2, -0.15) is 22.0 Å². The molecule has 1 aliphatic heterocycles. The first-order valence-electron chi connectivity index (χ1n) is 9.68. The minimum absolute atomic E-state index is 0.0924. The second-order valence-corrected chi connectivity index (χ2v) is 7.15. The van der Waals surface area contributed by atoms with Crippen molar-refractivity contribution in [1.29, 1.82) is 0 Å². The Labute approximate surface area is 173 Å². The molecule has 1 aliphatic rings. The molecular formula is C19H28F5N5O. The number of anilines is 1. The number of hydrogen-bond donors (Lipinski definition) is 2. The largest absolute Gasteiger partial charge is 0.435 e. The minimum atomic E-state index is -4.22. The number of ether oxygens (including phenoxy) is 1. The normalized spacial score (nSPS) is 18.1. The van der Waals surface area contributed by atoms with Gasteiger partial charge in [-0.1, -0.05) is 0 Å². The highest BCUT2D eigenvalue weighted by molar-refractivity contribution is 5.80. The molecule has 2 rings (SSSR count). The van der Waals surface area contributed by atoms with Crippen LogP contribution in [0.1, 0.15) is 12.8 Å². The molecule has 0 radical (unpaired) electrons. The number of nitrogens with one attached hydrogen (secondary N) is 2. The van der Waals surface area contributed by atoms with E-state index in [1.165, 1.54) is 24.1 Å². The summed E-state index contributed by atoms with van der Waals surface area (Å²) in [7, 11) is 3.03. The Morgan fingerprint density at radius 2 is 2.00 bits per heavy atom. The topological polar surface area (TPSA) is 52.1 Å². The fourth-order valence-corrected chi connectivity index (χ4v) is 3.31. The third-order valence-corrected chi connectivity index (χ3v) is 4.65. The van der Waals surface area contributed by atoms with E-state index >= 15 is 0 Å². The predicted molar refractivity (Wildman–Crippen MR) is 106 cm³/mol. The van der Waals surface area contributed by atoms with Crippen LogP contribution in [0.15, 0.2) is 29.3 Å². The van der Waals surface area contributed by atoms with E-state index in [1.807, 2.05) is 0 Å². The van der Waals surface area contributed by atoms with E-state index in [2.05, 4.69) is 25.3 Å². The number of alkyl halides is 5. The number of guanidine groups is 1. The van der Waals surface area contributed by atoms with Gasteiger partial charge in [0.05, 0.1) is 6.54 Å². The van der Waals surface area contributed by atoms with Crippen LogP contribution in [0.5, 0.6) is 5.75 Å². The van der Waals surface area contributed by atoms with Gasteiger partial charge >= 0.3 is 12.8 Å². The lowest BCUT2D eigenvalue weighted by molar-refractivity contribution is -0.142. The lowest BCUT2D eigenvalue weighted by atomic mass is 10.0. The predicted octanol–water partition coefficient (Wildman–Crippen LogP) is 2.92. The molecule has 1 aromatic rings. The highest BCUT2D eigenvalue weighted by Gasteiger charge is 2.29. The number of piperidine rings is 1. The first kappa shape index (κ1) is 24.0. The van der Waals surface area contributed by atoms with Crippen LogP contribution in [0.25, 0.3) is 0 Å². The summed E-state index contributed by atoms with van der Waals surface area (Å²) >= 11 is 0. The molecule has 11 heteroatoms. The number of halogens is 5. The van der Waals surface area contributed by atoms with Crippen molar-refractivity contribution in [2.24, 2.45) is 4.99 Å². The van der Waals surface area contributed by atoms with Crippen LogP contribution in [-0.2, 0) is 0 Å². The maximum atomic E-state index is 12.4. The van der Waals surface area contributed by atoms with E-state index in [0.29, 0.717) is 19.0 Å². The molecule has 1 aromatic carbocycles. The zero-order chi connectivity index (χ0) is 22.1. The molecule has 1 heterocycles. The first-order valence-corrected chi connectivity index (χ1v) is 9.68. The van der Waals surface area contributed by atoms with Gasteiger partial charge < -0.3 is 20.3 Å². The van der Waals surface area contributed by atoms with Gasteiger partial charge in [0.2, 0.25) is 0 Å². The smallest absolute Gasteiger partial charge is 0.401 e. The third-order valence-electron chi connectivity index (χ3n) is 4.65. The zero-order valence-electron chi connectivity index (χ0n) is 17.1. The summed E-state index contributed by atoms with van der Waals surface area (Å²) in [5.74, 6) is 0.642. The fraction of sp³-hybridized carbons (Fsp3) is 0.632. The van der Waals surface area contributed by atoms with E-state index in [0.717, 1.165) is 25.1 Å². The molecule has 1 atom stereocenters. The molecule has 0 saturated carbocycles. The van der Waals surface area contributed by atoms with Crippen LogP contribution in [-0.4, -0.2) is 76.5 Å². The molecule has 1 saturated heterocycles. The van der Waals surface area contributed by atoms with E-state index in [4.69, 9.17) is 0 Å². The average Bonchev–Trinajstić information content (AvgIpc) is 2.66. The van der Waals surface area contributed by atoms with Crippen LogP contribution < -0.4 is 20.3 Å². The molecule has 170 valence electrons. The van der Waals surface area contributed by atoms with E-state index < -0.39 is 19.3 Å². The van der Waals surface area contributed by atoms with Crippen molar-refractivity contribution in [3.63, 3.8) is 0 Å². The van der Waals surface area contributed by atoms with Crippen molar-refractivity contribution in [3.8, 4) is 5.75 Å². The van der Waals surface area contributed by atoms with Crippen LogP contribution in [0.4, 0.5) is 27.6 Å². The van der Waals surface area contributed by atoms with Gasteiger partial charge in [0.1, 0.15) is 5.75 Å². The monoisotopic (exact) mass is 437 g/mol. The first-order chi connectivity index (χ1) is 14.2. The molecule has 0 aliphatic carbocycles. The van der Waals surface area contributed by atoms with Crippen LogP contribution >= 0.6 is 0 Å². The number of aliphatic imine (C=N–C) groups is 1. The average molecular weight is 437 g/mol. The fourth-order valence-electron chi connectivity index (χ4n) is 3.31. The van der Waals surface area contributed by atoms with E-state index in [9.17, 15) is 22.0 Å². The van der Waals surface area contributed by atoms with Crippen molar-refractivity contribution in [2.45, 2.75) is 31.7 Å². The minimum Gasteiger partial charge on any atom is -0.435 e. The molecule has 0 amide bonds. The van der Waals surface area contributed by atoms with Crippen LogP contribution in [0.3, 0.4) is 0 Å². The molecule has 6 nitrogen and oxygen atoms in total. The van der Waals surface area contributed by atoms with Crippen molar-refractivity contribution < 1.29 is 26.7 Å². The number of likely N-dealkylation sites (N-methyl/N-ethyl adjacent to an activating group) is 1. The third kappa shape index (κ3) is 8.60. The Balaban J connectivity index is 1.81. The summed E-state index contributed by atoms with van der Waals surface area (Å²) in [5.41, 5.74) is 0.903. The molecule has 0 spiro atoms. The molecular weight excluding hydrogens is 409 g/mol. The summed E-state index contributed by atoms with van der Waals surface area (Å²) < 4.78 is 66.1. The van der Waals surface area contributed by atoms with Crippen molar-refractivity contribution in [1.82, 2.24) is 15.5 Å². The summed E-state index contributed by atoms with van der Waals surface area (Å²) in [6.45, 7) is -1.74. The van der Waals surface area contributed by atoms with Crippen molar-refractivity contribution in [2.75, 3.05) is 51.7 Å². The standard InChI is InChI=1S/C19H28F5N5O/c1-25-18(26-9-11-28(2)13-19(22,23)24)27-14-4-3-10-29(12-14)15-5-7-16(8-6-15)30-17(20)21/h5-8,14,17H,3-4,9-13H2,1-2H3,(H2,25,26,27). The second-order valence-electron chi connectivity index (χ2n) is 7.15. The highest BCUT2D eigenvalue weighted by Crippen LogP contribution is 2.24. The maximum Gasteiger partial charge on any atom is 0.401 e. The van der Waals surface area contributed by atoms with Gasteiger partial charge in [0, 0.05) is 45.0 Å². The van der Waals surface area contributed by atoms with Crippen LogP contribution in [0, 0.1) is 0 Å². The Hall–Kier alpha value is -2.30. The quantitative estimate of drug-likeness (QED) is 0.372. The Kier molecular flexibility index (Phi) is 8.94. The lowest BCUT2D eigenvalue weighted by Crippen LogP contribution is -2.52. The number of benzene rings is 1. The molecule has 1 fully saturated rings. The summed E-state index contributed by atoms with van der Waals surface area (Å²) in [6, 6.07) is 6.59. The molecule has 30 heavy (non-hydrogen) atoms. The lowest BCUT2D eigenvalue weighted by Gasteiger charge is -2.35. The van der Waals surface area contributed by atoms with E-state index in [1.54, 1.807) is 19.2 Å². The van der Waals surface area contributed by atoms with Crippen molar-refractivity contribution >= 4 is 11.6 Å². The molecule has 2 N–H and O–H groups in total. The summed E-state index contributed by atoms with van der Waals surface area (Å²) in [6.07, 6.45) is -2.37. The Morgan fingerprint density at radius 1 is 1.30 bits per heavy atom. The second kappa shape index (κ2) is 11.2. The van der Waals surface area contributed by atoms with Crippen molar-refractivity contribution in [3.05, 3.63) is 24.3 Å². The summed E-state index contributed by atoms with van der Waals surface area (Å²) in [5, 5.41) is 6.33. The van der Waals surface area contributed by atoms with E-state index in [-0.39, 0.29) is 18.3 Å². The SMILES string of the molecule is CN=C(NCCN(C)CC(F)(F)F)NC1CCCN(c2ccc(OC(F)F)cc2)C1. The number of hydrogen-bond acceptors (Lipinski definition) is 4. The van der Waals surface area contributed by atoms with Gasteiger partial charge in [-0.3, -0.25) is 9.89 Å². The van der Waals surface area contributed by atoms with Gasteiger partial charge in [-0.25, -0.2) is 0 Å². The Bertz CT molecular complexity index is 668. The van der Waals surface area contributed by atoms with Gasteiger partial charge in [0.15, 0.2) is 5.96 Å². The molecule has 0 aromatic heterocycles. The van der Waals surface area contributed by atoms with Gasteiger partial charge in [-0.15, -0.1) is 0 Å². The highest BCUT2D eigenvalue weighted by atomic mass is 19.4. The molecule has 1 unspecified atom stereocenters.